The summed E-state index contributed by atoms with van der Waals surface area (Å²) >= 11 is 6.03. The van der Waals surface area contributed by atoms with Gasteiger partial charge in [0.25, 0.3) is 0 Å². The molecule has 1 heterocycles. The molecule has 128 valence electrons. The predicted molar refractivity (Wildman–Crippen MR) is 105 cm³/mol. The first-order valence-electron chi connectivity index (χ1n) is 8.35. The lowest BCUT2D eigenvalue weighted by Crippen LogP contribution is -2.37. The highest BCUT2D eigenvalue weighted by Crippen LogP contribution is 2.16. The van der Waals surface area contributed by atoms with Crippen LogP contribution >= 0.6 is 11.6 Å². The third-order valence-electron chi connectivity index (χ3n) is 3.83. The maximum Gasteiger partial charge on any atom is 0.191 e. The Labute approximate surface area is 153 Å². The van der Waals surface area contributed by atoms with Crippen LogP contribution in [0.1, 0.15) is 18.2 Å². The number of fused-ring (bicyclic) bond motifs is 1. The monoisotopic (exact) mass is 352 g/mol. The lowest BCUT2D eigenvalue weighted by Gasteiger charge is -2.12. The van der Waals surface area contributed by atoms with Gasteiger partial charge < -0.3 is 10.6 Å². The predicted octanol–water partition coefficient (Wildman–Crippen LogP) is 4.14. The van der Waals surface area contributed by atoms with Gasteiger partial charge in [0.15, 0.2) is 5.96 Å². The molecule has 1 aromatic heterocycles. The molecular formula is C20H21ClN4. The van der Waals surface area contributed by atoms with E-state index < -0.39 is 0 Å². The Bertz CT molecular complexity index is 871. The number of guanidine groups is 1. The molecule has 3 aromatic rings. The van der Waals surface area contributed by atoms with Crippen molar-refractivity contribution < 1.29 is 0 Å². The van der Waals surface area contributed by atoms with E-state index in [0.717, 1.165) is 34.2 Å². The van der Waals surface area contributed by atoms with E-state index >= 15 is 0 Å². The van der Waals surface area contributed by atoms with Gasteiger partial charge in [0, 0.05) is 23.2 Å². The number of nitrogens with zero attached hydrogens (tertiary/aromatic N) is 2. The highest BCUT2D eigenvalue weighted by molar-refractivity contribution is 6.30. The minimum atomic E-state index is 0.568. The largest absolute Gasteiger partial charge is 0.357 e. The van der Waals surface area contributed by atoms with E-state index in [9.17, 15) is 0 Å². The van der Waals surface area contributed by atoms with Gasteiger partial charge in [-0.1, -0.05) is 48.0 Å². The zero-order valence-electron chi connectivity index (χ0n) is 14.2. The highest BCUT2D eigenvalue weighted by atomic mass is 35.5. The van der Waals surface area contributed by atoms with Gasteiger partial charge in [0.1, 0.15) is 0 Å². The second kappa shape index (κ2) is 8.49. The Hall–Kier alpha value is -2.59. The molecule has 0 bridgehead atoms. The molecule has 0 saturated carbocycles. The summed E-state index contributed by atoms with van der Waals surface area (Å²) in [6.45, 7) is 4.03. The molecule has 0 atom stereocenters. The van der Waals surface area contributed by atoms with Crippen LogP contribution in [0.2, 0.25) is 5.02 Å². The van der Waals surface area contributed by atoms with Crippen molar-refractivity contribution in [1.29, 1.82) is 0 Å². The van der Waals surface area contributed by atoms with E-state index in [4.69, 9.17) is 11.6 Å². The summed E-state index contributed by atoms with van der Waals surface area (Å²) in [6.07, 6.45) is 1.84. The Morgan fingerprint density at radius 1 is 1.08 bits per heavy atom. The standard InChI is InChI=1S/C20H21ClN4/c1-2-22-20(24-13-15-6-5-8-17(21)12-15)25-14-19-18-9-4-3-7-16(18)10-11-23-19/h3-12H,2,13-14H2,1H3,(H2,22,24,25). The zero-order valence-corrected chi connectivity index (χ0v) is 14.9. The third kappa shape index (κ3) is 4.70. The quantitative estimate of drug-likeness (QED) is 0.536. The fourth-order valence-corrected chi connectivity index (χ4v) is 2.85. The van der Waals surface area contributed by atoms with E-state index in [0.29, 0.717) is 13.1 Å². The van der Waals surface area contributed by atoms with Crippen molar-refractivity contribution in [3.63, 3.8) is 0 Å². The SMILES string of the molecule is CCNC(=NCc1cccc(Cl)c1)NCc1nccc2ccccc12. The summed E-state index contributed by atoms with van der Waals surface area (Å²) in [6, 6.07) is 18.0. The number of halogens is 1. The third-order valence-corrected chi connectivity index (χ3v) is 4.07. The van der Waals surface area contributed by atoms with Crippen LogP contribution in [0.4, 0.5) is 0 Å². The molecule has 4 nitrogen and oxygen atoms in total. The van der Waals surface area contributed by atoms with Crippen molar-refractivity contribution >= 4 is 28.3 Å². The van der Waals surface area contributed by atoms with Gasteiger partial charge in [-0.25, -0.2) is 4.99 Å². The fraction of sp³-hybridized carbons (Fsp3) is 0.200. The number of nitrogens with one attached hydrogen (secondary N) is 2. The van der Waals surface area contributed by atoms with Crippen LogP contribution in [0, 0.1) is 0 Å². The number of hydrogen-bond donors (Lipinski definition) is 2. The van der Waals surface area contributed by atoms with Crippen molar-refractivity contribution in [2.45, 2.75) is 20.0 Å². The highest BCUT2D eigenvalue weighted by Gasteiger charge is 2.04. The van der Waals surface area contributed by atoms with Crippen molar-refractivity contribution in [1.82, 2.24) is 15.6 Å². The van der Waals surface area contributed by atoms with Crippen LogP contribution in [0.15, 0.2) is 65.8 Å². The molecule has 2 N–H and O–H groups in total. The van der Waals surface area contributed by atoms with Crippen LogP contribution < -0.4 is 10.6 Å². The van der Waals surface area contributed by atoms with Crippen molar-refractivity contribution in [2.75, 3.05) is 6.54 Å². The molecule has 25 heavy (non-hydrogen) atoms. The van der Waals surface area contributed by atoms with Crippen LogP contribution in [-0.4, -0.2) is 17.5 Å². The van der Waals surface area contributed by atoms with Crippen LogP contribution in [0.3, 0.4) is 0 Å². The average molecular weight is 353 g/mol. The van der Waals surface area contributed by atoms with Gasteiger partial charge in [-0.15, -0.1) is 0 Å². The Kier molecular flexibility index (Phi) is 5.86. The molecule has 0 saturated heterocycles. The number of aliphatic imine (C=N–C) groups is 1. The molecule has 0 amide bonds. The molecule has 0 fully saturated rings. The summed E-state index contributed by atoms with van der Waals surface area (Å²) in [4.78, 5) is 9.13. The molecule has 0 aliphatic carbocycles. The topological polar surface area (TPSA) is 49.3 Å². The second-order valence-corrected chi connectivity index (χ2v) is 6.09. The average Bonchev–Trinajstić information content (AvgIpc) is 2.64. The Morgan fingerprint density at radius 2 is 1.96 bits per heavy atom. The van der Waals surface area contributed by atoms with Gasteiger partial charge in [-0.2, -0.15) is 0 Å². The van der Waals surface area contributed by atoms with E-state index in [1.807, 2.05) is 55.6 Å². The van der Waals surface area contributed by atoms with E-state index in [2.05, 4.69) is 32.7 Å². The molecule has 0 radical (unpaired) electrons. The second-order valence-electron chi connectivity index (χ2n) is 5.66. The summed E-state index contributed by atoms with van der Waals surface area (Å²) in [5.74, 6) is 0.761. The molecule has 3 rings (SSSR count). The van der Waals surface area contributed by atoms with Gasteiger partial charge in [0.05, 0.1) is 18.8 Å². The van der Waals surface area contributed by atoms with E-state index in [1.54, 1.807) is 0 Å². The molecule has 0 aliphatic heterocycles. The summed E-state index contributed by atoms with van der Waals surface area (Å²) in [5.41, 5.74) is 2.08. The minimum absolute atomic E-state index is 0.568. The lowest BCUT2D eigenvalue weighted by atomic mass is 10.1. The molecule has 2 aromatic carbocycles. The van der Waals surface area contributed by atoms with E-state index in [-0.39, 0.29) is 0 Å². The number of benzene rings is 2. The zero-order chi connectivity index (χ0) is 17.5. The summed E-state index contributed by atoms with van der Waals surface area (Å²) < 4.78 is 0. The maximum atomic E-state index is 6.03. The van der Waals surface area contributed by atoms with Crippen molar-refractivity contribution in [3.05, 3.63) is 77.1 Å². The summed E-state index contributed by atoms with van der Waals surface area (Å²) in [7, 11) is 0. The summed E-state index contributed by atoms with van der Waals surface area (Å²) in [5, 5.41) is 9.69. The van der Waals surface area contributed by atoms with Crippen LogP contribution in [0.5, 0.6) is 0 Å². The molecule has 5 heteroatoms. The number of aromatic nitrogens is 1. The Morgan fingerprint density at radius 3 is 2.80 bits per heavy atom. The van der Waals surface area contributed by atoms with Gasteiger partial charge >= 0.3 is 0 Å². The van der Waals surface area contributed by atoms with Crippen molar-refractivity contribution in [2.24, 2.45) is 4.99 Å². The number of hydrogen-bond acceptors (Lipinski definition) is 2. The van der Waals surface area contributed by atoms with Crippen LogP contribution in [-0.2, 0) is 13.1 Å². The number of rotatable bonds is 5. The molecule has 0 spiro atoms. The smallest absolute Gasteiger partial charge is 0.191 e. The lowest BCUT2D eigenvalue weighted by molar-refractivity contribution is 0.804. The molecule has 0 aliphatic rings. The Balaban J connectivity index is 1.72. The normalized spacial score (nSPS) is 11.5. The number of pyridine rings is 1. The first-order valence-corrected chi connectivity index (χ1v) is 8.73. The first-order chi connectivity index (χ1) is 12.3. The van der Waals surface area contributed by atoms with Crippen molar-refractivity contribution in [3.8, 4) is 0 Å². The minimum Gasteiger partial charge on any atom is -0.357 e. The van der Waals surface area contributed by atoms with Crippen LogP contribution in [0.25, 0.3) is 10.8 Å². The first kappa shape index (κ1) is 17.2. The fourth-order valence-electron chi connectivity index (χ4n) is 2.64. The van der Waals surface area contributed by atoms with Gasteiger partial charge in [-0.3, -0.25) is 4.98 Å². The maximum absolute atomic E-state index is 6.03. The molecular weight excluding hydrogens is 332 g/mol. The van der Waals surface area contributed by atoms with Gasteiger partial charge in [-0.05, 0) is 36.1 Å². The molecule has 0 unspecified atom stereocenters. The van der Waals surface area contributed by atoms with E-state index in [1.165, 1.54) is 5.39 Å². The van der Waals surface area contributed by atoms with Gasteiger partial charge in [0.2, 0.25) is 0 Å².